The van der Waals surface area contributed by atoms with Gasteiger partial charge in [0, 0.05) is 21.5 Å². The Morgan fingerprint density at radius 1 is 1.00 bits per heavy atom. The second-order valence-electron chi connectivity index (χ2n) is 7.66. The third kappa shape index (κ3) is 8.62. The second kappa shape index (κ2) is 14.6. The Morgan fingerprint density at radius 3 is 2.42 bits per heavy atom. The Labute approximate surface area is 219 Å². The summed E-state index contributed by atoms with van der Waals surface area (Å²) in [4.78, 5) is 11.9. The molecule has 0 bridgehead atoms. The van der Waals surface area contributed by atoms with Crippen LogP contribution >= 0.6 is 48.0 Å². The monoisotopic (exact) mass is 528 g/mol. The molecule has 33 heavy (non-hydrogen) atoms. The first-order valence-corrected chi connectivity index (χ1v) is 11.6. The van der Waals surface area contributed by atoms with Crippen LogP contribution in [0.25, 0.3) is 23.1 Å². The number of halogens is 4. The molecule has 0 saturated heterocycles. The number of anilines is 1. The highest BCUT2D eigenvalue weighted by Crippen LogP contribution is 2.25. The zero-order valence-corrected chi connectivity index (χ0v) is 22.4. The Balaban J connectivity index is 0.00000272. The fraction of sp³-hybridized carbons (Fsp3) is 0.360. The van der Waals surface area contributed by atoms with Gasteiger partial charge in [-0.3, -0.25) is 0 Å². The Kier molecular flexibility index (Phi) is 13.1. The van der Waals surface area contributed by atoms with Crippen molar-refractivity contribution in [1.29, 1.82) is 0 Å². The molecule has 0 aliphatic rings. The molecule has 1 heterocycles. The molecule has 8 heteroatoms. The first kappa shape index (κ1) is 29.5. The molecule has 0 aliphatic heterocycles. The number of fused-ring (bicyclic) bond motifs is 1. The van der Waals surface area contributed by atoms with Crippen LogP contribution in [0.4, 0.5) is 5.82 Å². The van der Waals surface area contributed by atoms with Crippen molar-refractivity contribution in [3.8, 4) is 0 Å². The lowest BCUT2D eigenvalue weighted by Gasteiger charge is -2.20. The van der Waals surface area contributed by atoms with E-state index in [4.69, 9.17) is 33.2 Å². The fourth-order valence-corrected chi connectivity index (χ4v) is 4.02. The van der Waals surface area contributed by atoms with Crippen molar-refractivity contribution >= 4 is 76.9 Å². The molecule has 4 nitrogen and oxygen atoms in total. The molecule has 1 aromatic heterocycles. The molecule has 0 spiro atoms. The number of benzene rings is 2. The minimum absolute atomic E-state index is 0. The van der Waals surface area contributed by atoms with Crippen LogP contribution in [0, 0.1) is 0 Å². The van der Waals surface area contributed by atoms with Crippen LogP contribution in [0.2, 0.25) is 10.0 Å². The molecule has 0 radical (unpaired) electrons. The summed E-state index contributed by atoms with van der Waals surface area (Å²) in [6.45, 7) is 9.96. The number of para-hydroxylation sites is 1. The Hall–Kier alpha value is -1.56. The molecular weight excluding hydrogens is 498 g/mol. The smallest absolute Gasteiger partial charge is 0.154 e. The molecule has 0 aliphatic carbocycles. The van der Waals surface area contributed by atoms with Crippen molar-refractivity contribution in [3.63, 3.8) is 0 Å². The van der Waals surface area contributed by atoms with E-state index in [0.717, 1.165) is 54.8 Å². The van der Waals surface area contributed by atoms with Crippen molar-refractivity contribution in [2.24, 2.45) is 0 Å². The predicted molar refractivity (Wildman–Crippen MR) is 150 cm³/mol. The van der Waals surface area contributed by atoms with E-state index in [9.17, 15) is 0 Å². The van der Waals surface area contributed by atoms with Gasteiger partial charge in [-0.15, -0.1) is 24.8 Å². The lowest BCUT2D eigenvalue weighted by Crippen LogP contribution is -2.25. The van der Waals surface area contributed by atoms with Gasteiger partial charge in [-0.25, -0.2) is 9.97 Å². The average molecular weight is 530 g/mol. The van der Waals surface area contributed by atoms with Gasteiger partial charge in [-0.2, -0.15) is 0 Å². The molecule has 1 atom stereocenters. The highest BCUT2D eigenvalue weighted by Gasteiger charge is 2.10. The molecule has 3 aromatic rings. The quantitative estimate of drug-likeness (QED) is 0.290. The molecule has 0 saturated carbocycles. The maximum atomic E-state index is 6.29. The van der Waals surface area contributed by atoms with Crippen LogP contribution in [0.3, 0.4) is 0 Å². The minimum Gasteiger partial charge on any atom is -0.367 e. The van der Waals surface area contributed by atoms with E-state index in [1.54, 1.807) is 6.07 Å². The van der Waals surface area contributed by atoms with E-state index >= 15 is 0 Å². The van der Waals surface area contributed by atoms with E-state index in [1.165, 1.54) is 0 Å². The van der Waals surface area contributed by atoms with E-state index in [2.05, 4.69) is 37.1 Å². The third-order valence-corrected chi connectivity index (χ3v) is 5.95. The van der Waals surface area contributed by atoms with Crippen LogP contribution < -0.4 is 5.32 Å². The van der Waals surface area contributed by atoms with E-state index in [-0.39, 0.29) is 24.8 Å². The third-order valence-electron chi connectivity index (χ3n) is 5.38. The summed E-state index contributed by atoms with van der Waals surface area (Å²) in [6.07, 6.45) is 6.04. The molecule has 180 valence electrons. The van der Waals surface area contributed by atoms with Gasteiger partial charge in [0.05, 0.1) is 5.52 Å². The Morgan fingerprint density at radius 2 is 1.73 bits per heavy atom. The van der Waals surface area contributed by atoms with Gasteiger partial charge >= 0.3 is 0 Å². The van der Waals surface area contributed by atoms with Crippen LogP contribution in [0.15, 0.2) is 42.5 Å². The summed E-state index contributed by atoms with van der Waals surface area (Å²) in [6, 6.07) is 13.8. The summed E-state index contributed by atoms with van der Waals surface area (Å²) in [5, 5.41) is 5.85. The topological polar surface area (TPSA) is 41.0 Å². The van der Waals surface area contributed by atoms with Crippen molar-refractivity contribution < 1.29 is 0 Å². The normalized spacial score (nSPS) is 11.9. The van der Waals surface area contributed by atoms with Gasteiger partial charge in [0.25, 0.3) is 0 Å². The van der Waals surface area contributed by atoms with E-state index in [0.29, 0.717) is 21.9 Å². The van der Waals surface area contributed by atoms with Crippen LogP contribution in [0.5, 0.6) is 0 Å². The molecule has 1 unspecified atom stereocenters. The number of hydrogen-bond donors (Lipinski definition) is 1. The average Bonchev–Trinajstić information content (AvgIpc) is 2.76. The SMILES string of the molecule is CCN(CC)CCCC(C)Nc1nc(/C=C/c2ccc(Cl)cc2Cl)nc2ccccc12.Cl.Cl. The van der Waals surface area contributed by atoms with Gasteiger partial charge in [-0.1, -0.05) is 55.2 Å². The van der Waals surface area contributed by atoms with Crippen LogP contribution in [0.1, 0.15) is 45.0 Å². The number of nitrogens with one attached hydrogen (secondary N) is 1. The molecule has 1 N–H and O–H groups in total. The molecular formula is C25H32Cl4N4. The first-order valence-electron chi connectivity index (χ1n) is 10.9. The van der Waals surface area contributed by atoms with Gasteiger partial charge in [0.1, 0.15) is 5.82 Å². The van der Waals surface area contributed by atoms with Crippen molar-refractivity contribution in [2.45, 2.75) is 39.7 Å². The van der Waals surface area contributed by atoms with E-state index in [1.807, 2.05) is 42.5 Å². The zero-order valence-electron chi connectivity index (χ0n) is 19.2. The molecule has 0 amide bonds. The standard InChI is InChI=1S/C25H30Cl2N4.2ClH/c1-4-31(5-2)16-8-9-18(3)28-25-21-10-6-7-11-23(21)29-24(30-25)15-13-19-12-14-20(26)17-22(19)27;;/h6-7,10-15,17-18H,4-5,8-9,16H2,1-3H3,(H,28,29,30);2*1H/b15-13+;;. The molecule has 2 aromatic carbocycles. The van der Waals surface area contributed by atoms with Gasteiger partial charge < -0.3 is 10.2 Å². The summed E-state index contributed by atoms with van der Waals surface area (Å²) < 4.78 is 0. The summed E-state index contributed by atoms with van der Waals surface area (Å²) in [5.41, 5.74) is 1.79. The van der Waals surface area contributed by atoms with Crippen molar-refractivity contribution in [1.82, 2.24) is 14.9 Å². The Bertz CT molecular complexity index is 1040. The lowest BCUT2D eigenvalue weighted by atomic mass is 10.1. The highest BCUT2D eigenvalue weighted by molar-refractivity contribution is 6.35. The number of nitrogens with zero attached hydrogens (tertiary/aromatic N) is 3. The zero-order chi connectivity index (χ0) is 22.2. The van der Waals surface area contributed by atoms with E-state index < -0.39 is 0 Å². The lowest BCUT2D eigenvalue weighted by molar-refractivity contribution is 0.295. The highest BCUT2D eigenvalue weighted by atomic mass is 35.5. The summed E-state index contributed by atoms with van der Waals surface area (Å²) in [5.74, 6) is 1.50. The predicted octanol–water partition coefficient (Wildman–Crippen LogP) is 7.87. The minimum atomic E-state index is 0. The van der Waals surface area contributed by atoms with Crippen LogP contribution in [-0.2, 0) is 0 Å². The van der Waals surface area contributed by atoms with Crippen molar-refractivity contribution in [3.05, 3.63) is 63.9 Å². The van der Waals surface area contributed by atoms with Gasteiger partial charge in [-0.05, 0) is 81.4 Å². The maximum Gasteiger partial charge on any atom is 0.154 e. The van der Waals surface area contributed by atoms with Gasteiger partial charge in [0.2, 0.25) is 0 Å². The second-order valence-corrected chi connectivity index (χ2v) is 8.50. The maximum absolute atomic E-state index is 6.29. The van der Waals surface area contributed by atoms with Crippen molar-refractivity contribution in [2.75, 3.05) is 25.0 Å². The number of hydrogen-bond acceptors (Lipinski definition) is 4. The molecule has 0 fully saturated rings. The number of aromatic nitrogens is 2. The van der Waals surface area contributed by atoms with Gasteiger partial charge in [0.15, 0.2) is 5.82 Å². The summed E-state index contributed by atoms with van der Waals surface area (Å²) >= 11 is 12.3. The number of rotatable bonds is 10. The van der Waals surface area contributed by atoms with Crippen LogP contribution in [-0.4, -0.2) is 40.5 Å². The fourth-order valence-electron chi connectivity index (χ4n) is 3.55. The molecule has 3 rings (SSSR count). The first-order chi connectivity index (χ1) is 15.0. The largest absolute Gasteiger partial charge is 0.367 e. The summed E-state index contributed by atoms with van der Waals surface area (Å²) in [7, 11) is 0.